The molecule has 0 unspecified atom stereocenters. The molecule has 0 N–H and O–H groups in total. The zero-order chi connectivity index (χ0) is 17.1. The second-order valence-electron chi connectivity index (χ2n) is 6.70. The van der Waals surface area contributed by atoms with Crippen LogP contribution in [-0.2, 0) is 4.79 Å². The number of benzene rings is 1. The highest BCUT2D eigenvalue weighted by Gasteiger charge is 2.32. The number of halogens is 1. The first-order valence-electron chi connectivity index (χ1n) is 8.54. The van der Waals surface area contributed by atoms with Crippen molar-refractivity contribution >= 4 is 11.8 Å². The van der Waals surface area contributed by atoms with Gasteiger partial charge in [-0.05, 0) is 50.5 Å². The zero-order valence-corrected chi connectivity index (χ0v) is 14.0. The molecule has 0 radical (unpaired) electrons. The third-order valence-electron chi connectivity index (χ3n) is 4.79. The van der Waals surface area contributed by atoms with Crippen LogP contribution in [0.1, 0.15) is 36.5 Å². The van der Waals surface area contributed by atoms with Crippen LogP contribution in [0.25, 0.3) is 0 Å². The van der Waals surface area contributed by atoms with Crippen molar-refractivity contribution in [3.63, 3.8) is 0 Å². The number of amides is 2. The second kappa shape index (κ2) is 7.16. The van der Waals surface area contributed by atoms with Crippen molar-refractivity contribution in [1.29, 1.82) is 0 Å². The van der Waals surface area contributed by atoms with E-state index in [1.807, 2.05) is 11.8 Å². The SMILES string of the molecule is CC1=CCCN(C(=O)[C@H]2CCCN(C(=O)c3ccc(F)cc3)C2)C1. The Morgan fingerprint density at radius 1 is 1.12 bits per heavy atom. The Bertz CT molecular complexity index is 654. The van der Waals surface area contributed by atoms with Gasteiger partial charge in [0.25, 0.3) is 5.91 Å². The molecule has 0 aliphatic carbocycles. The van der Waals surface area contributed by atoms with Gasteiger partial charge in [-0.1, -0.05) is 11.6 Å². The number of carbonyl (C=O) groups excluding carboxylic acids is 2. The highest BCUT2D eigenvalue weighted by molar-refractivity contribution is 5.94. The summed E-state index contributed by atoms with van der Waals surface area (Å²) in [7, 11) is 0. The molecular formula is C19H23FN2O2. The molecule has 1 aromatic carbocycles. The first-order chi connectivity index (χ1) is 11.5. The lowest BCUT2D eigenvalue weighted by Gasteiger charge is -2.36. The number of hydrogen-bond donors (Lipinski definition) is 0. The molecule has 2 aliphatic heterocycles. The molecule has 24 heavy (non-hydrogen) atoms. The van der Waals surface area contributed by atoms with Gasteiger partial charge in [0, 0.05) is 31.7 Å². The number of carbonyl (C=O) groups is 2. The minimum absolute atomic E-state index is 0.123. The molecule has 1 atom stereocenters. The van der Waals surface area contributed by atoms with Crippen LogP contribution in [0.5, 0.6) is 0 Å². The van der Waals surface area contributed by atoms with E-state index in [9.17, 15) is 14.0 Å². The minimum atomic E-state index is -0.355. The Balaban J connectivity index is 1.65. The Morgan fingerprint density at radius 3 is 2.58 bits per heavy atom. The molecule has 0 saturated carbocycles. The third-order valence-corrected chi connectivity index (χ3v) is 4.79. The van der Waals surface area contributed by atoms with Gasteiger partial charge in [0.1, 0.15) is 5.82 Å². The number of rotatable bonds is 2. The predicted octanol–water partition coefficient (Wildman–Crippen LogP) is 2.86. The van der Waals surface area contributed by atoms with Crippen LogP contribution >= 0.6 is 0 Å². The lowest BCUT2D eigenvalue weighted by atomic mass is 9.95. The van der Waals surface area contributed by atoms with E-state index in [0.717, 1.165) is 25.8 Å². The highest BCUT2D eigenvalue weighted by atomic mass is 19.1. The summed E-state index contributed by atoms with van der Waals surface area (Å²) in [5.41, 5.74) is 1.70. The van der Waals surface area contributed by atoms with Gasteiger partial charge in [-0.25, -0.2) is 4.39 Å². The number of piperidine rings is 1. The topological polar surface area (TPSA) is 40.6 Å². The molecule has 3 rings (SSSR count). The molecule has 128 valence electrons. The average molecular weight is 330 g/mol. The summed E-state index contributed by atoms with van der Waals surface area (Å²) in [6.07, 6.45) is 4.73. The molecule has 0 bridgehead atoms. The van der Waals surface area contributed by atoms with E-state index in [1.54, 1.807) is 4.90 Å². The van der Waals surface area contributed by atoms with E-state index in [-0.39, 0.29) is 23.5 Å². The summed E-state index contributed by atoms with van der Waals surface area (Å²) in [4.78, 5) is 29.0. The maximum absolute atomic E-state index is 13.0. The van der Waals surface area contributed by atoms with Crippen molar-refractivity contribution in [3.8, 4) is 0 Å². The van der Waals surface area contributed by atoms with Crippen molar-refractivity contribution in [2.45, 2.75) is 26.2 Å². The average Bonchev–Trinajstić information content (AvgIpc) is 2.61. The van der Waals surface area contributed by atoms with Crippen LogP contribution in [-0.4, -0.2) is 47.8 Å². The highest BCUT2D eigenvalue weighted by Crippen LogP contribution is 2.22. The van der Waals surface area contributed by atoms with Crippen LogP contribution in [0.3, 0.4) is 0 Å². The van der Waals surface area contributed by atoms with Gasteiger partial charge in [-0.3, -0.25) is 9.59 Å². The van der Waals surface area contributed by atoms with E-state index < -0.39 is 0 Å². The maximum atomic E-state index is 13.0. The van der Waals surface area contributed by atoms with Crippen LogP contribution < -0.4 is 0 Å². The van der Waals surface area contributed by atoms with Gasteiger partial charge in [-0.15, -0.1) is 0 Å². The van der Waals surface area contributed by atoms with Gasteiger partial charge in [0.2, 0.25) is 5.91 Å². The summed E-state index contributed by atoms with van der Waals surface area (Å²) in [6, 6.07) is 5.59. The molecule has 2 heterocycles. The monoisotopic (exact) mass is 330 g/mol. The van der Waals surface area contributed by atoms with Crippen molar-refractivity contribution in [1.82, 2.24) is 9.80 Å². The third kappa shape index (κ3) is 3.66. The van der Waals surface area contributed by atoms with Crippen LogP contribution in [0.15, 0.2) is 35.9 Å². The van der Waals surface area contributed by atoms with Gasteiger partial charge < -0.3 is 9.80 Å². The first-order valence-corrected chi connectivity index (χ1v) is 8.54. The molecule has 1 aromatic rings. The normalized spacial score (nSPS) is 21.4. The molecule has 1 saturated heterocycles. The van der Waals surface area contributed by atoms with E-state index in [0.29, 0.717) is 25.2 Å². The largest absolute Gasteiger partial charge is 0.338 e. The van der Waals surface area contributed by atoms with Crippen molar-refractivity contribution < 1.29 is 14.0 Å². The van der Waals surface area contributed by atoms with E-state index >= 15 is 0 Å². The fourth-order valence-electron chi connectivity index (χ4n) is 3.50. The van der Waals surface area contributed by atoms with Crippen LogP contribution in [0, 0.1) is 11.7 Å². The summed E-state index contributed by atoms with van der Waals surface area (Å²) < 4.78 is 13.0. The summed E-state index contributed by atoms with van der Waals surface area (Å²) in [6.45, 7) is 4.61. The van der Waals surface area contributed by atoms with Crippen LogP contribution in [0.4, 0.5) is 4.39 Å². The minimum Gasteiger partial charge on any atom is -0.338 e. The molecule has 0 spiro atoms. The number of nitrogens with zero attached hydrogens (tertiary/aromatic N) is 2. The smallest absolute Gasteiger partial charge is 0.253 e. The molecule has 2 aliphatic rings. The van der Waals surface area contributed by atoms with Gasteiger partial charge in [0.15, 0.2) is 0 Å². The van der Waals surface area contributed by atoms with Crippen LogP contribution in [0.2, 0.25) is 0 Å². The molecule has 5 heteroatoms. The lowest BCUT2D eigenvalue weighted by Crippen LogP contribution is -2.47. The fraction of sp³-hybridized carbons (Fsp3) is 0.474. The molecular weight excluding hydrogens is 307 g/mol. The van der Waals surface area contributed by atoms with Crippen molar-refractivity contribution in [2.24, 2.45) is 5.92 Å². The van der Waals surface area contributed by atoms with Crippen molar-refractivity contribution in [2.75, 3.05) is 26.2 Å². The quantitative estimate of drug-likeness (QED) is 0.783. The summed E-state index contributed by atoms with van der Waals surface area (Å²) in [5.74, 6) is -0.456. The van der Waals surface area contributed by atoms with E-state index in [2.05, 4.69) is 6.08 Å². The first kappa shape index (κ1) is 16.7. The van der Waals surface area contributed by atoms with Gasteiger partial charge in [-0.2, -0.15) is 0 Å². The molecule has 2 amide bonds. The lowest BCUT2D eigenvalue weighted by molar-refractivity contribution is -0.136. The Hall–Kier alpha value is -2.17. The number of likely N-dealkylation sites (tertiary alicyclic amines) is 1. The molecule has 4 nitrogen and oxygen atoms in total. The molecule has 1 fully saturated rings. The van der Waals surface area contributed by atoms with E-state index in [1.165, 1.54) is 29.8 Å². The Morgan fingerprint density at radius 2 is 1.88 bits per heavy atom. The predicted molar refractivity (Wildman–Crippen MR) is 90.0 cm³/mol. The Kier molecular flexibility index (Phi) is 4.97. The number of hydrogen-bond acceptors (Lipinski definition) is 2. The maximum Gasteiger partial charge on any atom is 0.253 e. The Labute approximate surface area is 141 Å². The standard InChI is InChI=1S/C19H23FN2O2/c1-14-4-2-10-21(12-14)19(24)16-5-3-11-22(13-16)18(23)15-6-8-17(20)9-7-15/h4,6-9,16H,2-3,5,10-13H2,1H3/t16-/m0/s1. The van der Waals surface area contributed by atoms with Crippen molar-refractivity contribution in [3.05, 3.63) is 47.3 Å². The molecule has 0 aromatic heterocycles. The summed E-state index contributed by atoms with van der Waals surface area (Å²) in [5, 5.41) is 0. The van der Waals surface area contributed by atoms with E-state index in [4.69, 9.17) is 0 Å². The van der Waals surface area contributed by atoms with Gasteiger partial charge >= 0.3 is 0 Å². The zero-order valence-electron chi connectivity index (χ0n) is 14.0. The fourth-order valence-corrected chi connectivity index (χ4v) is 3.50. The van der Waals surface area contributed by atoms with Gasteiger partial charge in [0.05, 0.1) is 5.92 Å². The second-order valence-corrected chi connectivity index (χ2v) is 6.70. The summed E-state index contributed by atoms with van der Waals surface area (Å²) >= 11 is 0.